The van der Waals surface area contributed by atoms with E-state index in [9.17, 15) is 9.59 Å². The van der Waals surface area contributed by atoms with Crippen molar-refractivity contribution >= 4 is 40.9 Å². The maximum Gasteiger partial charge on any atom is 0.321 e. The lowest BCUT2D eigenvalue weighted by atomic mass is 9.87. The first-order valence-corrected chi connectivity index (χ1v) is 7.30. The van der Waals surface area contributed by atoms with Gasteiger partial charge in [-0.25, -0.2) is 4.79 Å². The molecule has 21 heavy (non-hydrogen) atoms. The van der Waals surface area contributed by atoms with Crippen molar-refractivity contribution in [3.8, 4) is 0 Å². The highest BCUT2D eigenvalue weighted by Gasteiger charge is 2.37. The molecule has 0 radical (unpaired) electrons. The zero-order chi connectivity index (χ0) is 15.7. The molecule has 2 N–H and O–H groups in total. The standard InChI is InChI=1S/C14H16Cl2N2O3/c1-7-3-4-10(15)12(11(7)16)17-14(21)18-5-9(6-18)8(2)13(19)20/h3-4,8-9H,5-6H2,1-2H3,(H,17,21)(H,19,20). The first-order valence-electron chi connectivity index (χ1n) is 6.54. The van der Waals surface area contributed by atoms with Crippen LogP contribution in [0.25, 0.3) is 0 Å². The molecule has 1 heterocycles. The van der Waals surface area contributed by atoms with Crippen LogP contribution in [0, 0.1) is 18.8 Å². The second kappa shape index (κ2) is 6.12. The van der Waals surface area contributed by atoms with Gasteiger partial charge in [0.05, 0.1) is 21.7 Å². The number of benzene rings is 1. The van der Waals surface area contributed by atoms with E-state index in [1.165, 1.54) is 0 Å². The molecule has 0 aliphatic carbocycles. The molecule has 1 atom stereocenters. The van der Waals surface area contributed by atoms with Gasteiger partial charge in [0.1, 0.15) is 0 Å². The minimum Gasteiger partial charge on any atom is -0.481 e. The quantitative estimate of drug-likeness (QED) is 0.891. The molecule has 1 saturated heterocycles. The number of carbonyl (C=O) groups excluding carboxylic acids is 1. The number of amides is 2. The van der Waals surface area contributed by atoms with Crippen LogP contribution in [0.1, 0.15) is 12.5 Å². The molecule has 1 aliphatic rings. The largest absolute Gasteiger partial charge is 0.481 e. The Hall–Kier alpha value is -1.46. The number of carboxylic acids is 1. The molecule has 7 heteroatoms. The predicted molar refractivity (Wildman–Crippen MR) is 82.1 cm³/mol. The minimum atomic E-state index is -0.843. The van der Waals surface area contributed by atoms with Gasteiger partial charge in [-0.3, -0.25) is 4.79 Å². The third-order valence-corrected chi connectivity index (χ3v) is 4.61. The Kier molecular flexibility index (Phi) is 4.64. The summed E-state index contributed by atoms with van der Waals surface area (Å²) < 4.78 is 0. The average molecular weight is 331 g/mol. The number of hydrogen-bond donors (Lipinski definition) is 2. The number of halogens is 2. The summed E-state index contributed by atoms with van der Waals surface area (Å²) in [6, 6.07) is 3.12. The molecule has 1 unspecified atom stereocenters. The van der Waals surface area contributed by atoms with Crippen molar-refractivity contribution in [2.24, 2.45) is 11.8 Å². The number of likely N-dealkylation sites (tertiary alicyclic amines) is 1. The number of anilines is 1. The number of nitrogens with zero attached hydrogens (tertiary/aromatic N) is 1. The van der Waals surface area contributed by atoms with E-state index < -0.39 is 11.9 Å². The molecule has 1 fully saturated rings. The van der Waals surface area contributed by atoms with Crippen molar-refractivity contribution in [3.63, 3.8) is 0 Å². The lowest BCUT2D eigenvalue weighted by molar-refractivity contribution is -0.144. The van der Waals surface area contributed by atoms with Crippen molar-refractivity contribution in [2.75, 3.05) is 18.4 Å². The summed E-state index contributed by atoms with van der Waals surface area (Å²) in [4.78, 5) is 24.5. The van der Waals surface area contributed by atoms with Crippen LogP contribution in [-0.2, 0) is 4.79 Å². The lowest BCUT2D eigenvalue weighted by Gasteiger charge is -2.41. The van der Waals surface area contributed by atoms with Gasteiger partial charge in [0.15, 0.2) is 0 Å². The Bertz CT molecular complexity index is 586. The molecule has 1 aromatic rings. The summed E-state index contributed by atoms with van der Waals surface area (Å²) in [6.07, 6.45) is 0. The third-order valence-electron chi connectivity index (χ3n) is 3.81. The topological polar surface area (TPSA) is 69.6 Å². The van der Waals surface area contributed by atoms with Crippen LogP contribution >= 0.6 is 23.2 Å². The van der Waals surface area contributed by atoms with Crippen molar-refractivity contribution in [1.29, 1.82) is 0 Å². The predicted octanol–water partition coefficient (Wildman–Crippen LogP) is 3.49. The van der Waals surface area contributed by atoms with Gasteiger partial charge in [-0.05, 0) is 18.6 Å². The van der Waals surface area contributed by atoms with Crippen LogP contribution in [0.2, 0.25) is 10.0 Å². The highest BCUT2D eigenvalue weighted by Crippen LogP contribution is 2.34. The fourth-order valence-corrected chi connectivity index (χ4v) is 2.62. The highest BCUT2D eigenvalue weighted by molar-refractivity contribution is 6.40. The molecule has 2 rings (SSSR count). The SMILES string of the molecule is Cc1ccc(Cl)c(NC(=O)N2CC(C(C)C(=O)O)C2)c1Cl. The summed E-state index contributed by atoms with van der Waals surface area (Å²) in [5.74, 6) is -1.32. The zero-order valence-electron chi connectivity index (χ0n) is 11.7. The lowest BCUT2D eigenvalue weighted by Crippen LogP contribution is -2.54. The Balaban J connectivity index is 1.99. The van der Waals surface area contributed by atoms with Gasteiger partial charge in [0, 0.05) is 19.0 Å². The van der Waals surface area contributed by atoms with E-state index in [0.717, 1.165) is 5.56 Å². The molecule has 0 spiro atoms. The molecule has 0 aromatic heterocycles. The highest BCUT2D eigenvalue weighted by atomic mass is 35.5. The van der Waals surface area contributed by atoms with Crippen LogP contribution in [-0.4, -0.2) is 35.1 Å². The zero-order valence-corrected chi connectivity index (χ0v) is 13.2. The monoisotopic (exact) mass is 330 g/mol. The second-order valence-electron chi connectivity index (χ2n) is 5.28. The third kappa shape index (κ3) is 3.24. The van der Waals surface area contributed by atoms with Gasteiger partial charge in [0.25, 0.3) is 0 Å². The van der Waals surface area contributed by atoms with Gasteiger partial charge in [-0.1, -0.05) is 36.2 Å². The van der Waals surface area contributed by atoms with Gasteiger partial charge < -0.3 is 15.3 Å². The number of aliphatic carboxylic acids is 1. The maximum atomic E-state index is 12.1. The van der Waals surface area contributed by atoms with Crippen LogP contribution < -0.4 is 5.32 Å². The van der Waals surface area contributed by atoms with Crippen molar-refractivity contribution in [3.05, 3.63) is 27.7 Å². The molecule has 1 aliphatic heterocycles. The van der Waals surface area contributed by atoms with E-state index in [1.807, 2.05) is 6.92 Å². The van der Waals surface area contributed by atoms with E-state index in [4.69, 9.17) is 28.3 Å². The van der Waals surface area contributed by atoms with Crippen LogP contribution in [0.4, 0.5) is 10.5 Å². The Morgan fingerprint density at radius 3 is 2.57 bits per heavy atom. The normalized spacial score (nSPS) is 16.3. The second-order valence-corrected chi connectivity index (χ2v) is 6.06. The number of nitrogens with one attached hydrogen (secondary N) is 1. The van der Waals surface area contributed by atoms with Crippen molar-refractivity contribution < 1.29 is 14.7 Å². The Morgan fingerprint density at radius 1 is 1.38 bits per heavy atom. The molecule has 1 aromatic carbocycles. The fourth-order valence-electron chi connectivity index (χ4n) is 2.15. The van der Waals surface area contributed by atoms with Crippen LogP contribution in [0.3, 0.4) is 0 Å². The maximum absolute atomic E-state index is 12.1. The van der Waals surface area contributed by atoms with Gasteiger partial charge in [-0.15, -0.1) is 0 Å². The minimum absolute atomic E-state index is 0.0169. The summed E-state index contributed by atoms with van der Waals surface area (Å²) in [7, 11) is 0. The fraction of sp³-hybridized carbons (Fsp3) is 0.429. The number of hydrogen-bond acceptors (Lipinski definition) is 2. The summed E-state index contributed by atoms with van der Waals surface area (Å²) in [5.41, 5.74) is 1.20. The molecule has 0 saturated carbocycles. The summed E-state index contributed by atoms with van der Waals surface area (Å²) >= 11 is 12.2. The molecule has 2 amide bonds. The van der Waals surface area contributed by atoms with E-state index in [2.05, 4.69) is 5.32 Å². The summed E-state index contributed by atoms with van der Waals surface area (Å²) in [5, 5.41) is 12.4. The average Bonchev–Trinajstić information content (AvgIpc) is 2.37. The van der Waals surface area contributed by atoms with Crippen molar-refractivity contribution in [1.82, 2.24) is 4.90 Å². The molecule has 5 nitrogen and oxygen atoms in total. The number of urea groups is 1. The van der Waals surface area contributed by atoms with Crippen molar-refractivity contribution in [2.45, 2.75) is 13.8 Å². The van der Waals surface area contributed by atoms with Crippen LogP contribution in [0.5, 0.6) is 0 Å². The Labute approximate surface area is 132 Å². The van der Waals surface area contributed by atoms with Crippen LogP contribution in [0.15, 0.2) is 12.1 Å². The molecular weight excluding hydrogens is 315 g/mol. The van der Waals surface area contributed by atoms with E-state index in [1.54, 1.807) is 24.0 Å². The number of carbonyl (C=O) groups is 2. The number of carboxylic acid groups (broad SMARTS) is 1. The first kappa shape index (κ1) is 15.9. The van der Waals surface area contributed by atoms with E-state index in [0.29, 0.717) is 28.8 Å². The summed E-state index contributed by atoms with van der Waals surface area (Å²) in [6.45, 7) is 4.31. The first-order chi connectivity index (χ1) is 9.81. The smallest absolute Gasteiger partial charge is 0.321 e. The van der Waals surface area contributed by atoms with Gasteiger partial charge >= 0.3 is 12.0 Å². The molecular formula is C14H16Cl2N2O3. The van der Waals surface area contributed by atoms with Gasteiger partial charge in [-0.2, -0.15) is 0 Å². The van der Waals surface area contributed by atoms with Gasteiger partial charge in [0.2, 0.25) is 0 Å². The molecule has 0 bridgehead atoms. The molecule has 114 valence electrons. The Morgan fingerprint density at radius 2 is 2.00 bits per heavy atom. The van der Waals surface area contributed by atoms with E-state index in [-0.39, 0.29) is 11.9 Å². The number of aryl methyl sites for hydroxylation is 1. The number of rotatable bonds is 3. The van der Waals surface area contributed by atoms with E-state index >= 15 is 0 Å².